The maximum atomic E-state index is 13.0. The lowest BCUT2D eigenvalue weighted by molar-refractivity contribution is -0.141. The Morgan fingerprint density at radius 2 is 1.79 bits per heavy atom. The van der Waals surface area contributed by atoms with Gasteiger partial charge in [-0.2, -0.15) is 5.10 Å². The Morgan fingerprint density at radius 1 is 1.06 bits per heavy atom. The lowest BCUT2D eigenvalue weighted by Crippen LogP contribution is -2.28. The van der Waals surface area contributed by atoms with Crippen LogP contribution in [0.15, 0.2) is 47.6 Å². The van der Waals surface area contributed by atoms with E-state index in [9.17, 15) is 9.59 Å². The van der Waals surface area contributed by atoms with Gasteiger partial charge in [0, 0.05) is 30.0 Å². The highest BCUT2D eigenvalue weighted by Crippen LogP contribution is 2.39. The van der Waals surface area contributed by atoms with Gasteiger partial charge in [-0.05, 0) is 37.1 Å². The van der Waals surface area contributed by atoms with E-state index in [4.69, 9.17) is 19.6 Å². The predicted octanol–water partition coefficient (Wildman–Crippen LogP) is 4.12. The highest BCUT2D eigenvalue weighted by Gasteiger charge is 2.34. The fourth-order valence-electron chi connectivity index (χ4n) is 4.25. The van der Waals surface area contributed by atoms with Crippen molar-refractivity contribution in [1.29, 1.82) is 0 Å². The normalized spacial score (nSPS) is 16.8. The molecular weight excluding hydrogens is 422 g/mol. The number of ether oxygens (including phenoxy) is 2. The van der Waals surface area contributed by atoms with Gasteiger partial charge >= 0.3 is 5.97 Å². The zero-order valence-electron chi connectivity index (χ0n) is 18.4. The molecule has 2 aliphatic heterocycles. The molecule has 33 heavy (non-hydrogen) atoms. The number of rotatable bonds is 5. The Hall–Kier alpha value is -3.94. The van der Waals surface area contributed by atoms with Crippen molar-refractivity contribution in [2.75, 3.05) is 6.79 Å². The molecule has 2 aliphatic rings. The standard InChI is InChI=1S/C25H23N3O5/c1-14-3-5-16(6-4-14)20-11-21(28(27-20)24(29)7-8-25(30)31)18-9-17-10-22-23(33-13-32-22)12-19(17)26-15(18)2/h3-6,9-10,12,21H,7-8,11,13H2,1-2H3,(H,30,31). The third kappa shape index (κ3) is 4.00. The number of benzene rings is 2. The molecule has 168 valence electrons. The summed E-state index contributed by atoms with van der Waals surface area (Å²) >= 11 is 0. The molecule has 3 heterocycles. The Bertz CT molecular complexity index is 1300. The van der Waals surface area contributed by atoms with Gasteiger partial charge in [-0.1, -0.05) is 29.8 Å². The average molecular weight is 445 g/mol. The van der Waals surface area contributed by atoms with E-state index < -0.39 is 5.97 Å². The van der Waals surface area contributed by atoms with E-state index in [1.54, 1.807) is 0 Å². The van der Waals surface area contributed by atoms with Crippen LogP contribution in [-0.4, -0.2) is 39.5 Å². The molecule has 1 atom stereocenters. The zero-order chi connectivity index (χ0) is 23.1. The molecule has 0 radical (unpaired) electrons. The number of aliphatic carboxylic acids is 1. The van der Waals surface area contributed by atoms with E-state index in [2.05, 4.69) is 5.10 Å². The van der Waals surface area contributed by atoms with Gasteiger partial charge in [-0.3, -0.25) is 14.6 Å². The smallest absolute Gasteiger partial charge is 0.303 e. The van der Waals surface area contributed by atoms with Crippen molar-refractivity contribution >= 4 is 28.5 Å². The average Bonchev–Trinajstić information content (AvgIpc) is 3.43. The summed E-state index contributed by atoms with van der Waals surface area (Å²) in [6, 6.07) is 13.4. The number of aromatic nitrogens is 1. The summed E-state index contributed by atoms with van der Waals surface area (Å²) in [7, 11) is 0. The molecule has 2 aromatic carbocycles. The predicted molar refractivity (Wildman–Crippen MR) is 121 cm³/mol. The molecule has 1 amide bonds. The second-order valence-corrected chi connectivity index (χ2v) is 8.33. The van der Waals surface area contributed by atoms with E-state index in [1.807, 2.05) is 56.3 Å². The van der Waals surface area contributed by atoms with Crippen molar-refractivity contribution in [2.45, 2.75) is 39.2 Å². The maximum Gasteiger partial charge on any atom is 0.303 e. The molecule has 8 heteroatoms. The number of hydrogen-bond donors (Lipinski definition) is 1. The number of hydrogen-bond acceptors (Lipinski definition) is 6. The van der Waals surface area contributed by atoms with E-state index in [-0.39, 0.29) is 31.6 Å². The van der Waals surface area contributed by atoms with Crippen LogP contribution in [0.3, 0.4) is 0 Å². The first-order valence-electron chi connectivity index (χ1n) is 10.8. The first-order valence-corrected chi connectivity index (χ1v) is 10.8. The second-order valence-electron chi connectivity index (χ2n) is 8.33. The summed E-state index contributed by atoms with van der Waals surface area (Å²) in [5.74, 6) is -0.00820. The number of nitrogens with zero attached hydrogens (tertiary/aromatic N) is 3. The Labute approximate surface area is 190 Å². The molecule has 1 unspecified atom stereocenters. The summed E-state index contributed by atoms with van der Waals surface area (Å²) in [6.07, 6.45) is 0.158. The van der Waals surface area contributed by atoms with Crippen LogP contribution in [0.4, 0.5) is 0 Å². The Kier molecular flexibility index (Phi) is 5.20. The molecule has 0 saturated carbocycles. The molecule has 0 fully saturated rings. The summed E-state index contributed by atoms with van der Waals surface area (Å²) in [4.78, 5) is 28.8. The van der Waals surface area contributed by atoms with Crippen LogP contribution >= 0.6 is 0 Å². The number of carbonyl (C=O) groups is 2. The maximum absolute atomic E-state index is 13.0. The van der Waals surface area contributed by atoms with Gasteiger partial charge in [0.05, 0.1) is 23.7 Å². The number of aryl methyl sites for hydroxylation is 2. The molecule has 1 aromatic heterocycles. The molecule has 0 spiro atoms. The number of amides is 1. The number of hydrazone groups is 1. The van der Waals surface area contributed by atoms with Gasteiger partial charge in [-0.25, -0.2) is 5.01 Å². The topological polar surface area (TPSA) is 101 Å². The summed E-state index contributed by atoms with van der Waals surface area (Å²) in [5.41, 5.74) is 5.29. The molecule has 0 aliphatic carbocycles. The van der Waals surface area contributed by atoms with Gasteiger partial charge in [0.25, 0.3) is 0 Å². The highest BCUT2D eigenvalue weighted by molar-refractivity contribution is 6.03. The van der Waals surface area contributed by atoms with E-state index in [1.165, 1.54) is 5.01 Å². The largest absolute Gasteiger partial charge is 0.481 e. The summed E-state index contributed by atoms with van der Waals surface area (Å²) < 4.78 is 11.0. The van der Waals surface area contributed by atoms with Crippen molar-refractivity contribution in [3.8, 4) is 11.5 Å². The van der Waals surface area contributed by atoms with Crippen LogP contribution in [0, 0.1) is 13.8 Å². The SMILES string of the molecule is Cc1ccc(C2=NN(C(=O)CCC(=O)O)C(c3cc4cc5c(cc4nc3C)OCO5)C2)cc1. The van der Waals surface area contributed by atoms with Crippen molar-refractivity contribution < 1.29 is 24.2 Å². The molecule has 0 saturated heterocycles. The van der Waals surface area contributed by atoms with Crippen LogP contribution < -0.4 is 9.47 Å². The zero-order valence-corrected chi connectivity index (χ0v) is 18.4. The lowest BCUT2D eigenvalue weighted by Gasteiger charge is -2.23. The molecule has 3 aromatic rings. The van der Waals surface area contributed by atoms with Crippen LogP contribution in [-0.2, 0) is 9.59 Å². The molecule has 5 rings (SSSR count). The number of carboxylic acids is 1. The summed E-state index contributed by atoms with van der Waals surface area (Å²) in [6.45, 7) is 4.10. The third-order valence-corrected chi connectivity index (χ3v) is 6.00. The molecule has 1 N–H and O–H groups in total. The van der Waals surface area contributed by atoms with Crippen molar-refractivity contribution in [3.63, 3.8) is 0 Å². The van der Waals surface area contributed by atoms with Crippen LogP contribution in [0.25, 0.3) is 10.9 Å². The van der Waals surface area contributed by atoms with Crippen molar-refractivity contribution in [3.05, 3.63) is 64.8 Å². The minimum atomic E-state index is -1.01. The number of carboxylic acid groups (broad SMARTS) is 1. The number of carbonyl (C=O) groups excluding carboxylic acids is 1. The van der Waals surface area contributed by atoms with E-state index in [0.29, 0.717) is 17.9 Å². The molecular formula is C25H23N3O5. The second kappa shape index (κ2) is 8.20. The quantitative estimate of drug-likeness (QED) is 0.634. The van der Waals surface area contributed by atoms with E-state index in [0.717, 1.165) is 39.0 Å². The third-order valence-electron chi connectivity index (χ3n) is 6.00. The minimum Gasteiger partial charge on any atom is -0.481 e. The van der Waals surface area contributed by atoms with E-state index >= 15 is 0 Å². The van der Waals surface area contributed by atoms with Gasteiger partial charge in [0.1, 0.15) is 0 Å². The minimum absolute atomic E-state index is 0.116. The monoisotopic (exact) mass is 445 g/mol. The Balaban J connectivity index is 1.54. The summed E-state index contributed by atoms with van der Waals surface area (Å²) in [5, 5.41) is 16.0. The molecule has 8 nitrogen and oxygen atoms in total. The Morgan fingerprint density at radius 3 is 2.52 bits per heavy atom. The van der Waals surface area contributed by atoms with Crippen LogP contribution in [0.5, 0.6) is 11.5 Å². The van der Waals surface area contributed by atoms with Crippen molar-refractivity contribution in [2.24, 2.45) is 5.10 Å². The lowest BCUT2D eigenvalue weighted by atomic mass is 9.95. The van der Waals surface area contributed by atoms with Crippen LogP contribution in [0.1, 0.15) is 47.7 Å². The van der Waals surface area contributed by atoms with Gasteiger partial charge < -0.3 is 14.6 Å². The fraction of sp³-hybridized carbons (Fsp3) is 0.280. The number of fused-ring (bicyclic) bond motifs is 2. The first kappa shape index (κ1) is 20.9. The number of pyridine rings is 1. The van der Waals surface area contributed by atoms with Gasteiger partial charge in [0.15, 0.2) is 11.5 Å². The van der Waals surface area contributed by atoms with Crippen molar-refractivity contribution in [1.82, 2.24) is 9.99 Å². The highest BCUT2D eigenvalue weighted by atomic mass is 16.7. The van der Waals surface area contributed by atoms with Gasteiger partial charge in [0.2, 0.25) is 12.7 Å². The first-order chi connectivity index (χ1) is 15.9. The molecule has 0 bridgehead atoms. The van der Waals surface area contributed by atoms with Crippen LogP contribution in [0.2, 0.25) is 0 Å². The fourth-order valence-corrected chi connectivity index (χ4v) is 4.25. The van der Waals surface area contributed by atoms with Gasteiger partial charge in [-0.15, -0.1) is 0 Å².